The fraction of sp³-hybridized carbons (Fsp3) is 0.188. The lowest BCUT2D eigenvalue weighted by molar-refractivity contribution is 0.480. The van der Waals surface area contributed by atoms with E-state index >= 15 is 0 Å². The first-order valence-electron chi connectivity index (χ1n) is 6.56. The van der Waals surface area contributed by atoms with Gasteiger partial charge >= 0.3 is 0 Å². The summed E-state index contributed by atoms with van der Waals surface area (Å²) in [4.78, 5) is 6.48. The normalized spacial score (nSPS) is 11.2. The zero-order valence-electron chi connectivity index (χ0n) is 11.9. The molecule has 0 bridgehead atoms. The maximum Gasteiger partial charge on any atom is 0.213 e. The van der Waals surface area contributed by atoms with Crippen LogP contribution >= 0.6 is 0 Å². The van der Waals surface area contributed by atoms with Gasteiger partial charge < -0.3 is 4.90 Å². The second-order valence-electron chi connectivity index (χ2n) is 4.76. The van der Waals surface area contributed by atoms with Gasteiger partial charge in [0.1, 0.15) is 0 Å². The number of nitrogens with one attached hydrogen (secondary N) is 1. The average Bonchev–Trinajstić information content (AvgIpc) is 2.48. The molecule has 3 N–H and O–H groups in total. The maximum absolute atomic E-state index is 5.58. The smallest absolute Gasteiger partial charge is 0.213 e. The molecule has 4 nitrogen and oxygen atoms in total. The van der Waals surface area contributed by atoms with Gasteiger partial charge in [-0.1, -0.05) is 48.0 Å². The first-order valence-corrected chi connectivity index (χ1v) is 6.56. The Bertz CT molecular complexity index is 561. The van der Waals surface area contributed by atoms with Crippen LogP contribution in [-0.2, 0) is 6.54 Å². The van der Waals surface area contributed by atoms with E-state index in [1.807, 2.05) is 42.3 Å². The van der Waals surface area contributed by atoms with Crippen molar-refractivity contribution in [2.24, 2.45) is 10.8 Å². The third-order valence-electron chi connectivity index (χ3n) is 3.02. The number of hydrogen-bond donors (Lipinski definition) is 2. The Morgan fingerprint density at radius 2 is 1.75 bits per heavy atom. The quantitative estimate of drug-likeness (QED) is 0.389. The van der Waals surface area contributed by atoms with Crippen molar-refractivity contribution >= 4 is 11.6 Å². The number of guanidine groups is 1. The van der Waals surface area contributed by atoms with Gasteiger partial charge in [0.2, 0.25) is 5.96 Å². The topological polar surface area (TPSA) is 53.6 Å². The van der Waals surface area contributed by atoms with Crippen molar-refractivity contribution in [3.63, 3.8) is 0 Å². The Morgan fingerprint density at radius 3 is 2.35 bits per heavy atom. The molecule has 0 aliphatic carbocycles. The summed E-state index contributed by atoms with van der Waals surface area (Å²) >= 11 is 0. The molecule has 0 aromatic heterocycles. The van der Waals surface area contributed by atoms with Crippen LogP contribution in [-0.4, -0.2) is 17.9 Å². The van der Waals surface area contributed by atoms with E-state index in [0.717, 1.165) is 12.2 Å². The monoisotopic (exact) mass is 268 g/mol. The van der Waals surface area contributed by atoms with Crippen molar-refractivity contribution < 1.29 is 0 Å². The molecule has 0 saturated heterocycles. The maximum atomic E-state index is 5.58. The number of benzene rings is 2. The van der Waals surface area contributed by atoms with Crippen LogP contribution < -0.4 is 11.3 Å². The lowest BCUT2D eigenvalue weighted by Crippen LogP contribution is -2.42. The molecule has 0 aliphatic rings. The summed E-state index contributed by atoms with van der Waals surface area (Å²) in [6, 6.07) is 18.2. The Kier molecular flexibility index (Phi) is 4.74. The van der Waals surface area contributed by atoms with Crippen LogP contribution in [0, 0.1) is 6.92 Å². The van der Waals surface area contributed by atoms with Gasteiger partial charge in [0.25, 0.3) is 0 Å². The van der Waals surface area contributed by atoms with E-state index < -0.39 is 0 Å². The van der Waals surface area contributed by atoms with Crippen LogP contribution in [0.5, 0.6) is 0 Å². The van der Waals surface area contributed by atoms with Gasteiger partial charge in [-0.05, 0) is 24.6 Å². The Labute approximate surface area is 119 Å². The van der Waals surface area contributed by atoms with Gasteiger partial charge in [-0.2, -0.15) is 0 Å². The molecule has 0 spiro atoms. The van der Waals surface area contributed by atoms with Crippen molar-refractivity contribution in [3.8, 4) is 0 Å². The number of nitrogens with zero attached hydrogens (tertiary/aromatic N) is 2. The highest BCUT2D eigenvalue weighted by atomic mass is 15.4. The first kappa shape index (κ1) is 14.1. The summed E-state index contributed by atoms with van der Waals surface area (Å²) in [5.74, 6) is 6.21. The zero-order valence-corrected chi connectivity index (χ0v) is 11.9. The molecule has 0 atom stereocenters. The summed E-state index contributed by atoms with van der Waals surface area (Å²) in [6.07, 6.45) is 0. The zero-order chi connectivity index (χ0) is 14.4. The van der Waals surface area contributed by atoms with E-state index in [1.54, 1.807) is 0 Å². The number of rotatable bonds is 3. The summed E-state index contributed by atoms with van der Waals surface area (Å²) in [7, 11) is 1.96. The third-order valence-corrected chi connectivity index (χ3v) is 3.02. The second kappa shape index (κ2) is 6.73. The molecule has 0 unspecified atom stereocenters. The number of para-hydroxylation sites is 1. The Hall–Kier alpha value is -2.33. The predicted octanol–water partition coefficient (Wildman–Crippen LogP) is 2.58. The van der Waals surface area contributed by atoms with Gasteiger partial charge in [0.05, 0.1) is 5.69 Å². The molecule has 0 amide bonds. The minimum absolute atomic E-state index is 0.636. The van der Waals surface area contributed by atoms with Crippen LogP contribution in [0.2, 0.25) is 0 Å². The summed E-state index contributed by atoms with van der Waals surface area (Å²) in [6.45, 7) is 2.83. The van der Waals surface area contributed by atoms with Crippen LogP contribution in [0.4, 0.5) is 5.69 Å². The van der Waals surface area contributed by atoms with Crippen molar-refractivity contribution in [1.82, 2.24) is 10.3 Å². The minimum atomic E-state index is 0.636. The van der Waals surface area contributed by atoms with E-state index in [0.29, 0.717) is 5.96 Å². The fourth-order valence-electron chi connectivity index (χ4n) is 1.89. The van der Waals surface area contributed by atoms with Gasteiger partial charge in [-0.25, -0.2) is 10.8 Å². The van der Waals surface area contributed by atoms with E-state index in [4.69, 9.17) is 5.84 Å². The Balaban J connectivity index is 2.11. The minimum Gasteiger partial charge on any atom is -0.340 e. The summed E-state index contributed by atoms with van der Waals surface area (Å²) in [5.41, 5.74) is 6.00. The van der Waals surface area contributed by atoms with Crippen LogP contribution in [0.15, 0.2) is 59.6 Å². The van der Waals surface area contributed by atoms with Crippen molar-refractivity contribution in [3.05, 3.63) is 65.7 Å². The van der Waals surface area contributed by atoms with Crippen molar-refractivity contribution in [1.29, 1.82) is 0 Å². The second-order valence-corrected chi connectivity index (χ2v) is 4.76. The third kappa shape index (κ3) is 3.83. The molecule has 0 fully saturated rings. The van der Waals surface area contributed by atoms with E-state index in [-0.39, 0.29) is 0 Å². The van der Waals surface area contributed by atoms with Gasteiger partial charge in [-0.3, -0.25) is 5.43 Å². The van der Waals surface area contributed by atoms with Crippen LogP contribution in [0.25, 0.3) is 0 Å². The van der Waals surface area contributed by atoms with E-state index in [9.17, 15) is 0 Å². The first-order chi connectivity index (χ1) is 9.69. The predicted molar refractivity (Wildman–Crippen MR) is 83.5 cm³/mol. The van der Waals surface area contributed by atoms with E-state index in [1.165, 1.54) is 11.1 Å². The molecule has 4 heteroatoms. The number of hydrogen-bond acceptors (Lipinski definition) is 2. The molecule has 2 aromatic carbocycles. The molecular formula is C16H20N4. The summed E-state index contributed by atoms with van der Waals surface area (Å²) < 4.78 is 0. The fourth-order valence-corrected chi connectivity index (χ4v) is 1.89. The van der Waals surface area contributed by atoms with Gasteiger partial charge in [0, 0.05) is 13.6 Å². The molecule has 104 valence electrons. The van der Waals surface area contributed by atoms with Gasteiger partial charge in [-0.15, -0.1) is 0 Å². The molecule has 0 saturated carbocycles. The lowest BCUT2D eigenvalue weighted by atomic mass is 10.1. The molecule has 0 heterocycles. The number of hydrazine groups is 1. The van der Waals surface area contributed by atoms with Crippen molar-refractivity contribution in [2.75, 3.05) is 7.05 Å². The highest BCUT2D eigenvalue weighted by Gasteiger charge is 2.06. The summed E-state index contributed by atoms with van der Waals surface area (Å²) in [5, 5.41) is 0. The van der Waals surface area contributed by atoms with E-state index in [2.05, 4.69) is 41.6 Å². The van der Waals surface area contributed by atoms with Crippen molar-refractivity contribution in [2.45, 2.75) is 13.5 Å². The molecule has 2 rings (SSSR count). The number of aryl methyl sites for hydroxylation is 1. The Morgan fingerprint density at radius 1 is 1.10 bits per heavy atom. The standard InChI is InChI=1S/C16H20N4/c1-13-8-10-14(11-9-13)12-20(2)16(19-17)18-15-6-4-3-5-7-15/h3-11H,12,17H2,1-2H3,(H,18,19). The highest BCUT2D eigenvalue weighted by Crippen LogP contribution is 2.11. The number of nitrogens with two attached hydrogens (primary N) is 1. The molecular weight excluding hydrogens is 248 g/mol. The van der Waals surface area contributed by atoms with Crippen LogP contribution in [0.3, 0.4) is 0 Å². The molecule has 2 aromatic rings. The molecule has 0 radical (unpaired) electrons. The van der Waals surface area contributed by atoms with Crippen LogP contribution in [0.1, 0.15) is 11.1 Å². The average molecular weight is 268 g/mol. The largest absolute Gasteiger partial charge is 0.340 e. The highest BCUT2D eigenvalue weighted by molar-refractivity contribution is 5.81. The van der Waals surface area contributed by atoms with Gasteiger partial charge in [0.15, 0.2) is 0 Å². The molecule has 20 heavy (non-hydrogen) atoms. The SMILES string of the molecule is Cc1ccc(CN(C)C(=Nc2ccccc2)NN)cc1. The number of aliphatic imine (C=N–C) groups is 1. The molecule has 0 aliphatic heterocycles. The lowest BCUT2D eigenvalue weighted by Gasteiger charge is -2.20.